The molecule has 0 saturated carbocycles. The molecule has 1 aliphatic heterocycles. The smallest absolute Gasteiger partial charge is 0.407 e. The minimum Gasteiger partial charge on any atom is -0.465 e. The van der Waals surface area contributed by atoms with Crippen LogP contribution >= 0.6 is 0 Å². The number of carbonyl (C=O) groups is 1. The van der Waals surface area contributed by atoms with Gasteiger partial charge in [0, 0.05) is 26.2 Å². The van der Waals surface area contributed by atoms with Crippen LogP contribution in [0, 0.1) is 0 Å². The van der Waals surface area contributed by atoms with Gasteiger partial charge in [0.25, 0.3) is 0 Å². The molecule has 0 unspecified atom stereocenters. The molecule has 2 heterocycles. The predicted molar refractivity (Wildman–Crippen MR) is 64.0 cm³/mol. The minimum atomic E-state index is -0.871. The van der Waals surface area contributed by atoms with Gasteiger partial charge in [0.2, 0.25) is 0 Å². The summed E-state index contributed by atoms with van der Waals surface area (Å²) in [4.78, 5) is 14.3. The summed E-state index contributed by atoms with van der Waals surface area (Å²) in [7, 11) is 1.62. The number of anilines is 2. The molecule has 0 atom stereocenters. The lowest BCUT2D eigenvalue weighted by molar-refractivity contribution is 0.131. The van der Waals surface area contributed by atoms with E-state index in [1.54, 1.807) is 13.2 Å². The summed E-state index contributed by atoms with van der Waals surface area (Å²) >= 11 is 0. The molecule has 1 fully saturated rings. The summed E-state index contributed by atoms with van der Waals surface area (Å²) in [6.07, 6.45) is 2.33. The number of H-pyrrole nitrogens is 1. The van der Waals surface area contributed by atoms with E-state index in [9.17, 15) is 4.79 Å². The quantitative estimate of drug-likeness (QED) is 0.700. The standard InChI is InChI=1S/C10H17N5O2/c1-14(10(16)17)7-2-4-15(5-3-7)9-8(11)6-12-13-9/h6-7H,2-5,11H2,1H3,(H,12,13)(H,16,17). The average molecular weight is 239 g/mol. The van der Waals surface area contributed by atoms with Crippen molar-refractivity contribution in [1.29, 1.82) is 0 Å². The SMILES string of the molecule is CN(C(=O)O)C1CCN(c2[nH]ncc2N)CC1. The molecule has 94 valence electrons. The first-order chi connectivity index (χ1) is 8.09. The first kappa shape index (κ1) is 11.6. The van der Waals surface area contributed by atoms with E-state index in [1.165, 1.54) is 4.90 Å². The molecule has 7 heteroatoms. The first-order valence-corrected chi connectivity index (χ1v) is 5.59. The summed E-state index contributed by atoms with van der Waals surface area (Å²) in [6.45, 7) is 1.57. The number of aromatic amines is 1. The van der Waals surface area contributed by atoms with Crippen molar-refractivity contribution in [3.8, 4) is 0 Å². The molecule has 7 nitrogen and oxygen atoms in total. The third-order valence-corrected chi connectivity index (χ3v) is 3.28. The van der Waals surface area contributed by atoms with Crippen molar-refractivity contribution in [2.45, 2.75) is 18.9 Å². The number of rotatable bonds is 2. The zero-order valence-electron chi connectivity index (χ0n) is 9.76. The fourth-order valence-electron chi connectivity index (χ4n) is 2.17. The summed E-state index contributed by atoms with van der Waals surface area (Å²) in [5.41, 5.74) is 6.41. The molecule has 1 aliphatic rings. The van der Waals surface area contributed by atoms with E-state index in [2.05, 4.69) is 15.1 Å². The van der Waals surface area contributed by atoms with Gasteiger partial charge in [0.1, 0.15) is 5.82 Å². The zero-order valence-corrected chi connectivity index (χ0v) is 9.76. The molecule has 0 aliphatic carbocycles. The monoisotopic (exact) mass is 239 g/mol. The Morgan fingerprint density at radius 3 is 2.76 bits per heavy atom. The highest BCUT2D eigenvalue weighted by molar-refractivity contribution is 5.65. The largest absolute Gasteiger partial charge is 0.465 e. The number of nitrogens with zero attached hydrogens (tertiary/aromatic N) is 3. The molecule has 0 aromatic carbocycles. The molecular weight excluding hydrogens is 222 g/mol. The van der Waals surface area contributed by atoms with Crippen LogP contribution in [0.25, 0.3) is 0 Å². The maximum atomic E-state index is 10.8. The Hall–Kier alpha value is -1.92. The van der Waals surface area contributed by atoms with E-state index in [0.29, 0.717) is 5.69 Å². The number of carboxylic acid groups (broad SMARTS) is 1. The van der Waals surface area contributed by atoms with Crippen LogP contribution in [0.1, 0.15) is 12.8 Å². The third-order valence-electron chi connectivity index (χ3n) is 3.28. The van der Waals surface area contributed by atoms with Gasteiger partial charge in [-0.15, -0.1) is 0 Å². The third kappa shape index (κ3) is 2.27. The van der Waals surface area contributed by atoms with Gasteiger partial charge in [-0.1, -0.05) is 0 Å². The van der Waals surface area contributed by atoms with Crippen molar-refractivity contribution < 1.29 is 9.90 Å². The number of amides is 1. The van der Waals surface area contributed by atoms with Crippen LogP contribution < -0.4 is 10.6 Å². The van der Waals surface area contributed by atoms with Crippen molar-refractivity contribution in [2.24, 2.45) is 0 Å². The molecule has 1 saturated heterocycles. The Bertz CT molecular complexity index is 397. The van der Waals surface area contributed by atoms with Gasteiger partial charge in [-0.3, -0.25) is 5.10 Å². The highest BCUT2D eigenvalue weighted by Gasteiger charge is 2.26. The Morgan fingerprint density at radius 1 is 1.65 bits per heavy atom. The predicted octanol–water partition coefficient (Wildman–Crippen LogP) is 0.570. The van der Waals surface area contributed by atoms with E-state index in [-0.39, 0.29) is 6.04 Å². The Balaban J connectivity index is 1.95. The topological polar surface area (TPSA) is 98.5 Å². The minimum absolute atomic E-state index is 0.0906. The van der Waals surface area contributed by atoms with Crippen molar-refractivity contribution >= 4 is 17.6 Å². The molecule has 1 amide bonds. The van der Waals surface area contributed by atoms with Gasteiger partial charge in [-0.2, -0.15) is 5.10 Å². The molecular formula is C10H17N5O2. The van der Waals surface area contributed by atoms with E-state index in [0.717, 1.165) is 31.7 Å². The molecule has 0 spiro atoms. The molecule has 17 heavy (non-hydrogen) atoms. The second-order valence-corrected chi connectivity index (χ2v) is 4.29. The maximum Gasteiger partial charge on any atom is 0.407 e. The van der Waals surface area contributed by atoms with Gasteiger partial charge >= 0.3 is 6.09 Å². The Kier molecular flexibility index (Phi) is 3.08. The van der Waals surface area contributed by atoms with Crippen molar-refractivity contribution in [3.63, 3.8) is 0 Å². The van der Waals surface area contributed by atoms with Crippen LogP contribution in [0.5, 0.6) is 0 Å². The van der Waals surface area contributed by atoms with Crippen LogP contribution in [0.2, 0.25) is 0 Å². The second kappa shape index (κ2) is 4.52. The number of hydrogen-bond acceptors (Lipinski definition) is 4. The number of nitrogen functional groups attached to an aromatic ring is 1. The first-order valence-electron chi connectivity index (χ1n) is 5.59. The van der Waals surface area contributed by atoms with E-state index < -0.39 is 6.09 Å². The van der Waals surface area contributed by atoms with Gasteiger partial charge in [-0.25, -0.2) is 4.79 Å². The molecule has 4 N–H and O–H groups in total. The molecule has 0 bridgehead atoms. The highest BCUT2D eigenvalue weighted by Crippen LogP contribution is 2.24. The molecule has 0 radical (unpaired) electrons. The lowest BCUT2D eigenvalue weighted by Crippen LogP contribution is -2.45. The highest BCUT2D eigenvalue weighted by atomic mass is 16.4. The second-order valence-electron chi connectivity index (χ2n) is 4.29. The molecule has 1 aromatic rings. The fraction of sp³-hybridized carbons (Fsp3) is 0.600. The normalized spacial score (nSPS) is 17.1. The van der Waals surface area contributed by atoms with Crippen LogP contribution in [0.3, 0.4) is 0 Å². The number of aromatic nitrogens is 2. The van der Waals surface area contributed by atoms with Crippen molar-refractivity contribution in [3.05, 3.63) is 6.20 Å². The molecule has 2 rings (SSSR count). The van der Waals surface area contributed by atoms with Crippen molar-refractivity contribution in [1.82, 2.24) is 15.1 Å². The summed E-state index contributed by atoms with van der Waals surface area (Å²) in [5.74, 6) is 0.835. The number of piperidine rings is 1. The van der Waals surface area contributed by atoms with Gasteiger partial charge in [-0.05, 0) is 12.8 Å². The van der Waals surface area contributed by atoms with Crippen LogP contribution in [0.15, 0.2) is 6.20 Å². The summed E-state index contributed by atoms with van der Waals surface area (Å²) in [6, 6.07) is 0.0906. The molecule has 1 aromatic heterocycles. The van der Waals surface area contributed by atoms with Crippen molar-refractivity contribution in [2.75, 3.05) is 30.8 Å². The van der Waals surface area contributed by atoms with Gasteiger partial charge < -0.3 is 20.6 Å². The van der Waals surface area contributed by atoms with Gasteiger partial charge in [0.15, 0.2) is 0 Å². The van der Waals surface area contributed by atoms with E-state index in [1.807, 2.05) is 0 Å². The lowest BCUT2D eigenvalue weighted by atomic mass is 10.0. The number of nitrogens with one attached hydrogen (secondary N) is 1. The number of nitrogens with two attached hydrogens (primary N) is 1. The van der Waals surface area contributed by atoms with E-state index in [4.69, 9.17) is 10.8 Å². The Morgan fingerprint density at radius 2 is 2.29 bits per heavy atom. The summed E-state index contributed by atoms with van der Waals surface area (Å²) in [5, 5.41) is 15.7. The summed E-state index contributed by atoms with van der Waals surface area (Å²) < 4.78 is 0. The number of hydrogen-bond donors (Lipinski definition) is 3. The van der Waals surface area contributed by atoms with Crippen LogP contribution in [-0.4, -0.2) is 52.5 Å². The van der Waals surface area contributed by atoms with Gasteiger partial charge in [0.05, 0.1) is 11.9 Å². The lowest BCUT2D eigenvalue weighted by Gasteiger charge is -2.36. The Labute approximate surface area is 99.2 Å². The average Bonchev–Trinajstić information content (AvgIpc) is 2.74. The van der Waals surface area contributed by atoms with Crippen LogP contribution in [0.4, 0.5) is 16.3 Å². The maximum absolute atomic E-state index is 10.8. The van der Waals surface area contributed by atoms with Crippen LogP contribution in [-0.2, 0) is 0 Å². The zero-order chi connectivity index (χ0) is 12.4. The van der Waals surface area contributed by atoms with E-state index >= 15 is 0 Å². The fourth-order valence-corrected chi connectivity index (χ4v) is 2.17.